The van der Waals surface area contributed by atoms with E-state index in [-0.39, 0.29) is 11.8 Å². The Labute approximate surface area is 95.2 Å². The largest absolute Gasteiger partial charge is 0.494 e. The van der Waals surface area contributed by atoms with Crippen molar-refractivity contribution in [3.05, 3.63) is 18.2 Å². The standard InChI is InChI=1S/C12H16N2O2/c1-8-7-14(2)9-5-4-6-10(16-3)11(9)13-12(8)15/h4-6,8H,7H2,1-3H3,(H,13,15). The summed E-state index contributed by atoms with van der Waals surface area (Å²) < 4.78 is 5.26. The number of anilines is 2. The van der Waals surface area contributed by atoms with Crippen molar-refractivity contribution in [3.8, 4) is 5.75 Å². The molecule has 0 bridgehead atoms. The van der Waals surface area contributed by atoms with Gasteiger partial charge in [0, 0.05) is 13.6 Å². The highest BCUT2D eigenvalue weighted by atomic mass is 16.5. The summed E-state index contributed by atoms with van der Waals surface area (Å²) in [6.45, 7) is 2.64. The van der Waals surface area contributed by atoms with Crippen LogP contribution in [0.4, 0.5) is 11.4 Å². The van der Waals surface area contributed by atoms with Crippen LogP contribution in [0.2, 0.25) is 0 Å². The third-order valence-electron chi connectivity index (χ3n) is 2.88. The summed E-state index contributed by atoms with van der Waals surface area (Å²) in [6.07, 6.45) is 0. The van der Waals surface area contributed by atoms with E-state index in [1.54, 1.807) is 7.11 Å². The zero-order valence-electron chi connectivity index (χ0n) is 9.78. The molecular formula is C12H16N2O2. The summed E-state index contributed by atoms with van der Waals surface area (Å²) in [4.78, 5) is 13.9. The lowest BCUT2D eigenvalue weighted by Crippen LogP contribution is -2.27. The van der Waals surface area contributed by atoms with Crippen LogP contribution < -0.4 is 15.0 Å². The molecule has 0 radical (unpaired) electrons. The number of rotatable bonds is 1. The van der Waals surface area contributed by atoms with Crippen LogP contribution in [0.3, 0.4) is 0 Å². The Morgan fingerprint density at radius 2 is 2.25 bits per heavy atom. The smallest absolute Gasteiger partial charge is 0.229 e. The first-order valence-corrected chi connectivity index (χ1v) is 5.32. The van der Waals surface area contributed by atoms with Gasteiger partial charge >= 0.3 is 0 Å². The normalized spacial score (nSPS) is 19.8. The molecule has 1 aliphatic rings. The van der Waals surface area contributed by atoms with Crippen LogP contribution in [0.25, 0.3) is 0 Å². The average Bonchev–Trinajstić information content (AvgIpc) is 2.38. The molecular weight excluding hydrogens is 204 g/mol. The van der Waals surface area contributed by atoms with Crippen molar-refractivity contribution in [1.82, 2.24) is 0 Å². The molecule has 1 aromatic carbocycles. The Kier molecular flexibility index (Phi) is 2.73. The number of hydrogen-bond donors (Lipinski definition) is 1. The minimum absolute atomic E-state index is 0.0258. The number of nitrogens with one attached hydrogen (secondary N) is 1. The van der Waals surface area contributed by atoms with Crippen molar-refractivity contribution < 1.29 is 9.53 Å². The van der Waals surface area contributed by atoms with Crippen LogP contribution in [0, 0.1) is 5.92 Å². The van der Waals surface area contributed by atoms with Gasteiger partial charge in [0.15, 0.2) is 0 Å². The number of ether oxygens (including phenoxy) is 1. The Bertz CT molecular complexity index is 417. The molecule has 0 spiro atoms. The van der Waals surface area contributed by atoms with Gasteiger partial charge in [-0.25, -0.2) is 0 Å². The Morgan fingerprint density at radius 1 is 1.50 bits per heavy atom. The molecule has 4 heteroatoms. The summed E-state index contributed by atoms with van der Waals surface area (Å²) in [5.74, 6) is 0.712. The van der Waals surface area contributed by atoms with Gasteiger partial charge in [-0.05, 0) is 12.1 Å². The first-order chi connectivity index (χ1) is 7.63. The third kappa shape index (κ3) is 1.71. The van der Waals surface area contributed by atoms with Crippen molar-refractivity contribution in [1.29, 1.82) is 0 Å². The van der Waals surface area contributed by atoms with Crippen LogP contribution in [0.15, 0.2) is 18.2 Å². The van der Waals surface area contributed by atoms with E-state index in [9.17, 15) is 4.79 Å². The topological polar surface area (TPSA) is 41.6 Å². The zero-order valence-corrected chi connectivity index (χ0v) is 9.78. The molecule has 1 aliphatic heterocycles. The van der Waals surface area contributed by atoms with Gasteiger partial charge in [-0.1, -0.05) is 13.0 Å². The first kappa shape index (κ1) is 10.8. The van der Waals surface area contributed by atoms with E-state index in [4.69, 9.17) is 4.74 Å². The first-order valence-electron chi connectivity index (χ1n) is 5.32. The number of amides is 1. The molecule has 0 saturated heterocycles. The van der Waals surface area contributed by atoms with E-state index in [0.29, 0.717) is 12.3 Å². The van der Waals surface area contributed by atoms with Crippen LogP contribution in [0.1, 0.15) is 6.92 Å². The molecule has 0 saturated carbocycles. The van der Waals surface area contributed by atoms with E-state index < -0.39 is 0 Å². The number of carbonyl (C=O) groups is 1. The number of hydrogen-bond acceptors (Lipinski definition) is 3. The summed E-state index contributed by atoms with van der Waals surface area (Å²) >= 11 is 0. The number of carbonyl (C=O) groups excluding carboxylic acids is 1. The fourth-order valence-electron chi connectivity index (χ4n) is 1.97. The maximum atomic E-state index is 11.8. The SMILES string of the molecule is COc1cccc2c1NC(=O)C(C)CN2C. The van der Waals surface area contributed by atoms with Crippen molar-refractivity contribution in [2.45, 2.75) is 6.92 Å². The number of nitrogens with zero attached hydrogens (tertiary/aromatic N) is 1. The highest BCUT2D eigenvalue weighted by Gasteiger charge is 2.24. The van der Waals surface area contributed by atoms with Gasteiger partial charge in [-0.3, -0.25) is 4.79 Å². The average molecular weight is 220 g/mol. The molecule has 1 aromatic rings. The van der Waals surface area contributed by atoms with Gasteiger partial charge < -0.3 is 15.0 Å². The van der Waals surface area contributed by atoms with E-state index in [1.165, 1.54) is 0 Å². The highest BCUT2D eigenvalue weighted by Crippen LogP contribution is 2.36. The molecule has 0 aromatic heterocycles. The Hall–Kier alpha value is -1.71. The third-order valence-corrected chi connectivity index (χ3v) is 2.88. The molecule has 4 nitrogen and oxygen atoms in total. The second-order valence-electron chi connectivity index (χ2n) is 4.13. The van der Waals surface area contributed by atoms with Crippen molar-refractivity contribution >= 4 is 17.3 Å². The van der Waals surface area contributed by atoms with Crippen molar-refractivity contribution in [3.63, 3.8) is 0 Å². The predicted octanol–water partition coefficient (Wildman–Crippen LogP) is 1.72. The molecule has 0 aliphatic carbocycles. The van der Waals surface area contributed by atoms with Crippen molar-refractivity contribution in [2.24, 2.45) is 5.92 Å². The van der Waals surface area contributed by atoms with E-state index >= 15 is 0 Å². The molecule has 86 valence electrons. The maximum Gasteiger partial charge on any atom is 0.229 e. The lowest BCUT2D eigenvalue weighted by molar-refractivity contribution is -0.119. The molecule has 0 fully saturated rings. The fraction of sp³-hybridized carbons (Fsp3) is 0.417. The predicted molar refractivity (Wildman–Crippen MR) is 64.1 cm³/mol. The minimum Gasteiger partial charge on any atom is -0.494 e. The molecule has 2 rings (SSSR count). The molecule has 1 amide bonds. The number of fused-ring (bicyclic) bond motifs is 1. The fourth-order valence-corrected chi connectivity index (χ4v) is 1.97. The van der Waals surface area contributed by atoms with Crippen LogP contribution >= 0.6 is 0 Å². The zero-order chi connectivity index (χ0) is 11.7. The maximum absolute atomic E-state index is 11.8. The van der Waals surface area contributed by atoms with Crippen molar-refractivity contribution in [2.75, 3.05) is 30.9 Å². The van der Waals surface area contributed by atoms with Gasteiger partial charge in [0.2, 0.25) is 5.91 Å². The van der Waals surface area contributed by atoms with E-state index in [0.717, 1.165) is 11.4 Å². The summed E-state index contributed by atoms with van der Waals surface area (Å²) in [5, 5.41) is 2.92. The Balaban J connectivity index is 2.50. The number of methoxy groups -OCH3 is 1. The second-order valence-corrected chi connectivity index (χ2v) is 4.13. The van der Waals surface area contributed by atoms with Crippen LogP contribution in [-0.4, -0.2) is 26.6 Å². The van der Waals surface area contributed by atoms with E-state index in [2.05, 4.69) is 10.2 Å². The summed E-state index contributed by atoms with van der Waals surface area (Å²) in [5.41, 5.74) is 1.76. The molecule has 1 unspecified atom stereocenters. The molecule has 1 heterocycles. The Morgan fingerprint density at radius 3 is 2.94 bits per heavy atom. The lowest BCUT2D eigenvalue weighted by Gasteiger charge is -2.20. The summed E-state index contributed by atoms with van der Waals surface area (Å²) in [6, 6.07) is 5.76. The van der Waals surface area contributed by atoms with Gasteiger partial charge in [-0.2, -0.15) is 0 Å². The highest BCUT2D eigenvalue weighted by molar-refractivity contribution is 5.99. The lowest BCUT2D eigenvalue weighted by atomic mass is 10.1. The summed E-state index contributed by atoms with van der Waals surface area (Å²) in [7, 11) is 3.59. The van der Waals surface area contributed by atoms with Gasteiger partial charge in [0.1, 0.15) is 11.4 Å². The van der Waals surface area contributed by atoms with Crippen LogP contribution in [-0.2, 0) is 4.79 Å². The number of benzene rings is 1. The minimum atomic E-state index is -0.0258. The van der Waals surface area contributed by atoms with Crippen LogP contribution in [0.5, 0.6) is 5.75 Å². The van der Waals surface area contributed by atoms with Gasteiger partial charge in [0.05, 0.1) is 18.7 Å². The molecule has 1 atom stereocenters. The number of para-hydroxylation sites is 1. The molecule has 1 N–H and O–H groups in total. The quantitative estimate of drug-likeness (QED) is 0.783. The molecule has 16 heavy (non-hydrogen) atoms. The van der Waals surface area contributed by atoms with Gasteiger partial charge in [-0.15, -0.1) is 0 Å². The monoisotopic (exact) mass is 220 g/mol. The second kappa shape index (κ2) is 4.04. The van der Waals surface area contributed by atoms with E-state index in [1.807, 2.05) is 32.2 Å². The van der Waals surface area contributed by atoms with Gasteiger partial charge in [0.25, 0.3) is 0 Å².